The van der Waals surface area contributed by atoms with Crippen molar-refractivity contribution in [2.24, 2.45) is 0 Å². The normalized spacial score (nSPS) is 10.8. The Kier molecular flexibility index (Phi) is 3.40. The second kappa shape index (κ2) is 5.72. The summed E-state index contributed by atoms with van der Waals surface area (Å²) in [6.45, 7) is 0.248. The standard InChI is InChI=1S/C16H10N6OS/c17-6-12-18-9-22(21-12)7-13-19-15(23)14-11(8-24-16(14)20-13)10-4-2-1-3-5-10/h1-5,8-9H,7H2,(H,19,20,23). The summed E-state index contributed by atoms with van der Waals surface area (Å²) in [5.74, 6) is 0.560. The van der Waals surface area contributed by atoms with Crippen LogP contribution in [-0.2, 0) is 6.54 Å². The molecule has 1 aromatic carbocycles. The number of hydrogen-bond acceptors (Lipinski definition) is 6. The van der Waals surface area contributed by atoms with E-state index in [2.05, 4.69) is 20.1 Å². The highest BCUT2D eigenvalue weighted by Gasteiger charge is 2.13. The first-order chi connectivity index (χ1) is 11.7. The van der Waals surface area contributed by atoms with E-state index in [1.807, 2.05) is 41.8 Å². The molecular formula is C16H10N6OS. The minimum atomic E-state index is -0.185. The lowest BCUT2D eigenvalue weighted by molar-refractivity contribution is 0.652. The maximum Gasteiger partial charge on any atom is 0.260 e. The Bertz CT molecular complexity index is 1120. The molecule has 0 unspecified atom stereocenters. The third kappa shape index (κ3) is 2.47. The van der Waals surface area contributed by atoms with E-state index in [0.717, 1.165) is 11.1 Å². The van der Waals surface area contributed by atoms with Crippen LogP contribution in [0.3, 0.4) is 0 Å². The van der Waals surface area contributed by atoms with Crippen molar-refractivity contribution in [1.29, 1.82) is 5.26 Å². The van der Waals surface area contributed by atoms with E-state index >= 15 is 0 Å². The van der Waals surface area contributed by atoms with Gasteiger partial charge in [0.05, 0.1) is 5.39 Å². The van der Waals surface area contributed by atoms with Crippen molar-refractivity contribution in [3.63, 3.8) is 0 Å². The third-order valence-electron chi connectivity index (χ3n) is 3.53. The van der Waals surface area contributed by atoms with Gasteiger partial charge >= 0.3 is 0 Å². The first-order valence-electron chi connectivity index (χ1n) is 7.10. The summed E-state index contributed by atoms with van der Waals surface area (Å²) < 4.78 is 1.47. The van der Waals surface area contributed by atoms with E-state index in [9.17, 15) is 4.79 Å². The maximum atomic E-state index is 12.5. The van der Waals surface area contributed by atoms with Crippen molar-refractivity contribution in [1.82, 2.24) is 24.7 Å². The second-order valence-corrected chi connectivity index (χ2v) is 5.94. The minimum Gasteiger partial charge on any atom is -0.308 e. The Hall–Kier alpha value is -3.31. The molecule has 0 saturated heterocycles. The monoisotopic (exact) mass is 334 g/mol. The molecule has 3 heterocycles. The molecule has 0 atom stereocenters. The molecule has 24 heavy (non-hydrogen) atoms. The summed E-state index contributed by atoms with van der Waals surface area (Å²) in [7, 11) is 0. The van der Waals surface area contributed by atoms with Gasteiger partial charge in [0.25, 0.3) is 11.4 Å². The lowest BCUT2D eigenvalue weighted by Crippen LogP contribution is -2.14. The lowest BCUT2D eigenvalue weighted by Gasteiger charge is -2.02. The molecule has 4 rings (SSSR count). The molecule has 0 bridgehead atoms. The van der Waals surface area contributed by atoms with Crippen LogP contribution in [-0.4, -0.2) is 24.7 Å². The molecule has 7 nitrogen and oxygen atoms in total. The molecule has 8 heteroatoms. The average Bonchev–Trinajstić information content (AvgIpc) is 3.22. The summed E-state index contributed by atoms with van der Waals surface area (Å²) in [6, 6.07) is 11.6. The molecule has 0 aliphatic rings. The fourth-order valence-corrected chi connectivity index (χ4v) is 3.44. The number of rotatable bonds is 3. The number of thiophene rings is 1. The third-order valence-corrected chi connectivity index (χ3v) is 4.40. The van der Waals surface area contributed by atoms with Crippen LogP contribution in [0.5, 0.6) is 0 Å². The van der Waals surface area contributed by atoms with Crippen LogP contribution in [0, 0.1) is 11.3 Å². The molecule has 3 aromatic heterocycles. The van der Waals surface area contributed by atoms with Crippen molar-refractivity contribution in [3.05, 3.63) is 64.0 Å². The van der Waals surface area contributed by atoms with Gasteiger partial charge in [-0.25, -0.2) is 14.6 Å². The number of nitrogens with zero attached hydrogens (tertiary/aromatic N) is 5. The average molecular weight is 334 g/mol. The number of hydrogen-bond donors (Lipinski definition) is 1. The Balaban J connectivity index is 1.76. The largest absolute Gasteiger partial charge is 0.308 e. The lowest BCUT2D eigenvalue weighted by atomic mass is 10.1. The van der Waals surface area contributed by atoms with Crippen LogP contribution in [0.1, 0.15) is 11.6 Å². The molecule has 0 fully saturated rings. The zero-order valence-electron chi connectivity index (χ0n) is 12.3. The molecule has 0 radical (unpaired) electrons. The summed E-state index contributed by atoms with van der Waals surface area (Å²) in [5.41, 5.74) is 1.68. The Morgan fingerprint density at radius 2 is 2.12 bits per heavy atom. The highest BCUT2D eigenvalue weighted by atomic mass is 32.1. The van der Waals surface area contributed by atoms with Gasteiger partial charge in [-0.15, -0.1) is 16.4 Å². The molecule has 1 N–H and O–H groups in total. The van der Waals surface area contributed by atoms with Gasteiger partial charge in [-0.3, -0.25) is 4.79 Å². The van der Waals surface area contributed by atoms with E-state index in [1.54, 1.807) is 0 Å². The number of aromatic nitrogens is 5. The maximum absolute atomic E-state index is 12.5. The summed E-state index contributed by atoms with van der Waals surface area (Å²) in [4.78, 5) is 24.3. The zero-order chi connectivity index (χ0) is 16.5. The molecule has 0 amide bonds. The Morgan fingerprint density at radius 1 is 1.29 bits per heavy atom. The highest BCUT2D eigenvalue weighted by Crippen LogP contribution is 2.30. The molecule has 0 aliphatic carbocycles. The van der Waals surface area contributed by atoms with Crippen LogP contribution < -0.4 is 5.56 Å². The summed E-state index contributed by atoms with van der Waals surface area (Å²) in [5, 5.41) is 15.3. The van der Waals surface area contributed by atoms with Gasteiger partial charge in [0, 0.05) is 10.9 Å². The van der Waals surface area contributed by atoms with E-state index in [4.69, 9.17) is 5.26 Å². The van der Waals surface area contributed by atoms with Crippen molar-refractivity contribution in [2.45, 2.75) is 6.54 Å². The summed E-state index contributed by atoms with van der Waals surface area (Å²) in [6.07, 6.45) is 1.44. The molecule has 0 aliphatic heterocycles. The van der Waals surface area contributed by atoms with Crippen LogP contribution in [0.4, 0.5) is 0 Å². The SMILES string of the molecule is N#Cc1ncn(Cc2nc3scc(-c4ccccc4)c3c(=O)[nH]2)n1. The minimum absolute atomic E-state index is 0.0842. The van der Waals surface area contributed by atoms with Gasteiger partial charge in [-0.2, -0.15) is 5.26 Å². The molecule has 0 saturated carbocycles. The van der Waals surface area contributed by atoms with E-state index in [0.29, 0.717) is 16.0 Å². The predicted octanol–water partition coefficient (Wildman–Crippen LogP) is 2.16. The highest BCUT2D eigenvalue weighted by molar-refractivity contribution is 7.17. The molecule has 4 aromatic rings. The van der Waals surface area contributed by atoms with E-state index in [-0.39, 0.29) is 17.9 Å². The van der Waals surface area contributed by atoms with Gasteiger partial charge in [0.2, 0.25) is 0 Å². The van der Waals surface area contributed by atoms with E-state index in [1.165, 1.54) is 22.3 Å². The van der Waals surface area contributed by atoms with Crippen LogP contribution in [0.15, 0.2) is 46.8 Å². The first-order valence-corrected chi connectivity index (χ1v) is 7.98. The van der Waals surface area contributed by atoms with Gasteiger partial charge in [-0.1, -0.05) is 30.3 Å². The Labute approximate surface area is 139 Å². The number of benzene rings is 1. The number of aromatic amines is 1. The van der Waals surface area contributed by atoms with Crippen LogP contribution in [0.2, 0.25) is 0 Å². The van der Waals surface area contributed by atoms with Gasteiger partial charge in [0.1, 0.15) is 29.6 Å². The first kappa shape index (κ1) is 14.3. The smallest absolute Gasteiger partial charge is 0.260 e. The van der Waals surface area contributed by atoms with Gasteiger partial charge < -0.3 is 4.98 Å². The van der Waals surface area contributed by atoms with Crippen molar-refractivity contribution < 1.29 is 0 Å². The fraction of sp³-hybridized carbons (Fsp3) is 0.0625. The molecule has 116 valence electrons. The quantitative estimate of drug-likeness (QED) is 0.619. The Morgan fingerprint density at radius 3 is 2.88 bits per heavy atom. The predicted molar refractivity (Wildman–Crippen MR) is 89.5 cm³/mol. The van der Waals surface area contributed by atoms with Crippen LogP contribution >= 0.6 is 11.3 Å². The fourth-order valence-electron chi connectivity index (χ4n) is 2.47. The van der Waals surface area contributed by atoms with Crippen molar-refractivity contribution >= 4 is 21.6 Å². The molecular weight excluding hydrogens is 324 g/mol. The number of nitrogens with one attached hydrogen (secondary N) is 1. The summed E-state index contributed by atoms with van der Waals surface area (Å²) >= 11 is 1.43. The van der Waals surface area contributed by atoms with Gasteiger partial charge in [-0.05, 0) is 5.56 Å². The van der Waals surface area contributed by atoms with Crippen LogP contribution in [0.25, 0.3) is 21.3 Å². The number of fused-ring (bicyclic) bond motifs is 1. The van der Waals surface area contributed by atoms with Crippen molar-refractivity contribution in [2.75, 3.05) is 0 Å². The van der Waals surface area contributed by atoms with E-state index < -0.39 is 0 Å². The number of H-pyrrole nitrogens is 1. The topological polar surface area (TPSA) is 100 Å². The number of nitriles is 1. The van der Waals surface area contributed by atoms with Crippen molar-refractivity contribution in [3.8, 4) is 17.2 Å². The van der Waals surface area contributed by atoms with Gasteiger partial charge in [0.15, 0.2) is 0 Å². The zero-order valence-corrected chi connectivity index (χ0v) is 13.1. The molecule has 0 spiro atoms. The second-order valence-electron chi connectivity index (χ2n) is 5.09.